The molecule has 1 heterocycles. The summed E-state index contributed by atoms with van der Waals surface area (Å²) in [4.78, 5) is 2.51. The SMILES string of the molecule is CC.OCCNC1CCN(Cc2ccccc2)CC1. The highest BCUT2D eigenvalue weighted by Crippen LogP contribution is 2.13. The fourth-order valence-corrected chi connectivity index (χ4v) is 2.41. The molecule has 0 saturated carbocycles. The topological polar surface area (TPSA) is 35.5 Å². The molecule has 1 aromatic carbocycles. The van der Waals surface area contributed by atoms with Gasteiger partial charge in [0.25, 0.3) is 0 Å². The minimum atomic E-state index is 0.240. The van der Waals surface area contributed by atoms with Crippen LogP contribution < -0.4 is 5.32 Å². The molecule has 0 radical (unpaired) electrons. The Morgan fingerprint density at radius 1 is 1.16 bits per heavy atom. The Balaban J connectivity index is 0.000000861. The van der Waals surface area contributed by atoms with E-state index in [2.05, 4.69) is 40.5 Å². The number of rotatable bonds is 5. The van der Waals surface area contributed by atoms with Gasteiger partial charge in [0.2, 0.25) is 0 Å². The van der Waals surface area contributed by atoms with E-state index in [1.54, 1.807) is 0 Å². The summed E-state index contributed by atoms with van der Waals surface area (Å²) in [5.74, 6) is 0. The molecule has 0 atom stereocenters. The van der Waals surface area contributed by atoms with Crippen molar-refractivity contribution in [2.24, 2.45) is 0 Å². The fourth-order valence-electron chi connectivity index (χ4n) is 2.41. The average molecular weight is 264 g/mol. The fraction of sp³-hybridized carbons (Fsp3) is 0.625. The first kappa shape index (κ1) is 16.2. The number of aliphatic hydroxyl groups is 1. The molecular weight excluding hydrogens is 236 g/mol. The van der Waals surface area contributed by atoms with Crippen molar-refractivity contribution < 1.29 is 5.11 Å². The van der Waals surface area contributed by atoms with Gasteiger partial charge in [0, 0.05) is 19.1 Å². The zero-order valence-electron chi connectivity index (χ0n) is 12.3. The van der Waals surface area contributed by atoms with Crippen molar-refractivity contribution >= 4 is 0 Å². The summed E-state index contributed by atoms with van der Waals surface area (Å²) < 4.78 is 0. The first-order valence-corrected chi connectivity index (χ1v) is 7.49. The van der Waals surface area contributed by atoms with Gasteiger partial charge in [-0.2, -0.15) is 0 Å². The molecule has 3 heteroatoms. The minimum Gasteiger partial charge on any atom is -0.395 e. The first-order chi connectivity index (χ1) is 9.38. The second kappa shape index (κ2) is 9.96. The van der Waals surface area contributed by atoms with Crippen LogP contribution in [0, 0.1) is 0 Å². The lowest BCUT2D eigenvalue weighted by Crippen LogP contribution is -2.42. The van der Waals surface area contributed by atoms with E-state index in [0.717, 1.165) is 26.2 Å². The summed E-state index contributed by atoms with van der Waals surface area (Å²) >= 11 is 0. The highest BCUT2D eigenvalue weighted by atomic mass is 16.3. The molecule has 108 valence electrons. The maximum absolute atomic E-state index is 8.77. The van der Waals surface area contributed by atoms with Crippen molar-refractivity contribution in [3.63, 3.8) is 0 Å². The number of nitrogens with one attached hydrogen (secondary N) is 1. The Hall–Kier alpha value is -0.900. The predicted molar refractivity (Wildman–Crippen MR) is 81.2 cm³/mol. The Bertz CT molecular complexity index is 308. The molecule has 0 bridgehead atoms. The zero-order chi connectivity index (χ0) is 13.9. The van der Waals surface area contributed by atoms with Gasteiger partial charge in [-0.25, -0.2) is 0 Å². The second-order valence-electron chi connectivity index (χ2n) is 4.71. The molecule has 0 unspecified atom stereocenters. The van der Waals surface area contributed by atoms with Crippen LogP contribution in [-0.4, -0.2) is 42.3 Å². The maximum atomic E-state index is 8.77. The van der Waals surface area contributed by atoms with Gasteiger partial charge >= 0.3 is 0 Å². The zero-order valence-corrected chi connectivity index (χ0v) is 12.3. The molecule has 2 N–H and O–H groups in total. The van der Waals surface area contributed by atoms with Gasteiger partial charge < -0.3 is 10.4 Å². The van der Waals surface area contributed by atoms with Gasteiger partial charge in [-0.05, 0) is 31.5 Å². The molecule has 19 heavy (non-hydrogen) atoms. The number of hydrogen-bond acceptors (Lipinski definition) is 3. The van der Waals surface area contributed by atoms with E-state index in [1.807, 2.05) is 13.8 Å². The molecule has 1 aliphatic heterocycles. The van der Waals surface area contributed by atoms with Crippen LogP contribution in [0.25, 0.3) is 0 Å². The molecule has 1 aliphatic rings. The standard InChI is InChI=1S/C14H22N2O.C2H6/c17-11-8-15-14-6-9-16(10-7-14)12-13-4-2-1-3-5-13;1-2/h1-5,14-15,17H,6-12H2;1-2H3. The van der Waals surface area contributed by atoms with E-state index in [-0.39, 0.29) is 6.61 Å². The van der Waals surface area contributed by atoms with Gasteiger partial charge in [-0.1, -0.05) is 44.2 Å². The first-order valence-electron chi connectivity index (χ1n) is 7.49. The van der Waals surface area contributed by atoms with E-state index < -0.39 is 0 Å². The number of aliphatic hydroxyl groups excluding tert-OH is 1. The van der Waals surface area contributed by atoms with Crippen LogP contribution in [0.15, 0.2) is 30.3 Å². The Kier molecular flexibility index (Phi) is 8.47. The number of benzene rings is 1. The molecule has 0 spiro atoms. The lowest BCUT2D eigenvalue weighted by atomic mass is 10.0. The molecule has 2 rings (SSSR count). The Morgan fingerprint density at radius 2 is 1.79 bits per heavy atom. The number of likely N-dealkylation sites (tertiary alicyclic amines) is 1. The van der Waals surface area contributed by atoms with Gasteiger partial charge in [-0.3, -0.25) is 4.90 Å². The monoisotopic (exact) mass is 264 g/mol. The van der Waals surface area contributed by atoms with E-state index in [4.69, 9.17) is 5.11 Å². The summed E-state index contributed by atoms with van der Waals surface area (Å²) in [6.07, 6.45) is 2.37. The summed E-state index contributed by atoms with van der Waals surface area (Å²) in [6.45, 7) is 8.33. The van der Waals surface area contributed by atoms with Crippen LogP contribution in [0.1, 0.15) is 32.3 Å². The van der Waals surface area contributed by atoms with Crippen LogP contribution in [0.3, 0.4) is 0 Å². The third-order valence-corrected chi connectivity index (χ3v) is 3.38. The van der Waals surface area contributed by atoms with Crippen molar-refractivity contribution in [2.75, 3.05) is 26.2 Å². The molecule has 0 aromatic heterocycles. The lowest BCUT2D eigenvalue weighted by Gasteiger charge is -2.32. The molecule has 3 nitrogen and oxygen atoms in total. The van der Waals surface area contributed by atoms with Crippen LogP contribution in [0.4, 0.5) is 0 Å². The molecular formula is C16H28N2O. The van der Waals surface area contributed by atoms with Crippen molar-refractivity contribution in [1.29, 1.82) is 0 Å². The highest BCUT2D eigenvalue weighted by Gasteiger charge is 2.18. The average Bonchev–Trinajstić information content (AvgIpc) is 2.50. The maximum Gasteiger partial charge on any atom is 0.0556 e. The summed E-state index contributed by atoms with van der Waals surface area (Å²) in [5.41, 5.74) is 1.40. The lowest BCUT2D eigenvalue weighted by molar-refractivity contribution is 0.184. The normalized spacial score (nSPS) is 16.8. The van der Waals surface area contributed by atoms with Gasteiger partial charge in [0.05, 0.1) is 6.61 Å². The molecule has 1 fully saturated rings. The molecule has 0 amide bonds. The summed E-state index contributed by atoms with van der Waals surface area (Å²) in [5, 5.41) is 12.1. The third-order valence-electron chi connectivity index (χ3n) is 3.38. The van der Waals surface area contributed by atoms with E-state index in [9.17, 15) is 0 Å². The third kappa shape index (κ3) is 6.19. The Morgan fingerprint density at radius 3 is 2.37 bits per heavy atom. The van der Waals surface area contributed by atoms with Gasteiger partial charge in [0.1, 0.15) is 0 Å². The van der Waals surface area contributed by atoms with Gasteiger partial charge in [0.15, 0.2) is 0 Å². The van der Waals surface area contributed by atoms with Gasteiger partial charge in [-0.15, -0.1) is 0 Å². The number of nitrogens with zero attached hydrogens (tertiary/aromatic N) is 1. The molecule has 1 aromatic rings. The largest absolute Gasteiger partial charge is 0.395 e. The quantitative estimate of drug-likeness (QED) is 0.856. The smallest absolute Gasteiger partial charge is 0.0556 e. The minimum absolute atomic E-state index is 0.240. The van der Waals surface area contributed by atoms with Crippen LogP contribution in [-0.2, 0) is 6.54 Å². The van der Waals surface area contributed by atoms with E-state index >= 15 is 0 Å². The highest BCUT2D eigenvalue weighted by molar-refractivity contribution is 5.14. The number of piperidine rings is 1. The molecule has 0 aliphatic carbocycles. The van der Waals surface area contributed by atoms with Crippen LogP contribution >= 0.6 is 0 Å². The van der Waals surface area contributed by atoms with Crippen molar-refractivity contribution in [2.45, 2.75) is 39.3 Å². The van der Waals surface area contributed by atoms with Crippen molar-refractivity contribution in [3.05, 3.63) is 35.9 Å². The van der Waals surface area contributed by atoms with Crippen LogP contribution in [0.5, 0.6) is 0 Å². The van der Waals surface area contributed by atoms with Crippen molar-refractivity contribution in [1.82, 2.24) is 10.2 Å². The predicted octanol–water partition coefficient (Wildman–Crippen LogP) is 2.26. The Labute approximate surface area is 117 Å². The summed E-state index contributed by atoms with van der Waals surface area (Å²) in [7, 11) is 0. The second-order valence-corrected chi connectivity index (χ2v) is 4.71. The summed E-state index contributed by atoms with van der Waals surface area (Å²) in [6, 6.07) is 11.2. The van der Waals surface area contributed by atoms with E-state index in [0.29, 0.717) is 6.04 Å². The van der Waals surface area contributed by atoms with E-state index in [1.165, 1.54) is 18.4 Å². The van der Waals surface area contributed by atoms with Crippen molar-refractivity contribution in [3.8, 4) is 0 Å². The van der Waals surface area contributed by atoms with Crippen LogP contribution in [0.2, 0.25) is 0 Å². The molecule has 1 saturated heterocycles. The number of hydrogen-bond donors (Lipinski definition) is 2.